The van der Waals surface area contributed by atoms with Gasteiger partial charge in [-0.2, -0.15) is 17.9 Å². The molecule has 13 heteroatoms. The first kappa shape index (κ1) is 20.5. The SMILES string of the molecule is COc1ccc(-c2nc(C(F)(F)F)nn2-c2ccc(S(C)(=O)=O)nn2)cc1OC. The molecule has 2 heterocycles. The molecule has 0 aliphatic rings. The minimum Gasteiger partial charge on any atom is -0.493 e. The molecule has 0 amide bonds. The number of hydrogen-bond donors (Lipinski definition) is 0. The average molecular weight is 429 g/mol. The van der Waals surface area contributed by atoms with Gasteiger partial charge < -0.3 is 9.47 Å². The molecule has 29 heavy (non-hydrogen) atoms. The van der Waals surface area contributed by atoms with Crippen LogP contribution in [0.3, 0.4) is 0 Å². The standard InChI is InChI=1S/C16H14F3N5O4S/c1-27-10-5-4-9(8-11(10)28-2)14-20-15(16(17,18)19)23-24(14)12-6-7-13(22-21-12)29(3,25)26/h4-8H,1-3H3. The Hall–Kier alpha value is -3.22. The molecule has 9 nitrogen and oxygen atoms in total. The Balaban J connectivity index is 2.19. The lowest BCUT2D eigenvalue weighted by molar-refractivity contribution is -0.144. The van der Waals surface area contributed by atoms with Crippen LogP contribution in [0.4, 0.5) is 13.2 Å². The summed E-state index contributed by atoms with van der Waals surface area (Å²) in [7, 11) is -0.833. The highest BCUT2D eigenvalue weighted by atomic mass is 32.2. The number of nitrogens with zero attached hydrogens (tertiary/aromatic N) is 5. The van der Waals surface area contributed by atoms with Crippen molar-refractivity contribution in [2.75, 3.05) is 20.5 Å². The van der Waals surface area contributed by atoms with Crippen molar-refractivity contribution in [3.05, 3.63) is 36.2 Å². The molecule has 0 unspecified atom stereocenters. The minimum atomic E-state index is -4.81. The molecule has 3 aromatic rings. The molecule has 0 radical (unpaired) electrons. The van der Waals surface area contributed by atoms with E-state index in [-0.39, 0.29) is 28.0 Å². The number of sulfone groups is 1. The van der Waals surface area contributed by atoms with E-state index >= 15 is 0 Å². The summed E-state index contributed by atoms with van der Waals surface area (Å²) >= 11 is 0. The molecule has 154 valence electrons. The number of aromatic nitrogens is 5. The third kappa shape index (κ3) is 4.13. The molecule has 0 aliphatic carbocycles. The van der Waals surface area contributed by atoms with Gasteiger partial charge in [0.2, 0.25) is 0 Å². The number of hydrogen-bond acceptors (Lipinski definition) is 8. The van der Waals surface area contributed by atoms with Crippen molar-refractivity contribution in [1.82, 2.24) is 25.0 Å². The van der Waals surface area contributed by atoms with E-state index in [2.05, 4.69) is 20.3 Å². The Morgan fingerprint density at radius 3 is 2.21 bits per heavy atom. The van der Waals surface area contributed by atoms with E-state index < -0.39 is 21.8 Å². The van der Waals surface area contributed by atoms with E-state index in [1.54, 1.807) is 0 Å². The number of benzene rings is 1. The van der Waals surface area contributed by atoms with E-state index in [1.165, 1.54) is 38.5 Å². The van der Waals surface area contributed by atoms with E-state index in [0.717, 1.165) is 17.0 Å². The quantitative estimate of drug-likeness (QED) is 0.607. The summed E-state index contributed by atoms with van der Waals surface area (Å²) < 4.78 is 73.8. The first-order valence-corrected chi connectivity index (χ1v) is 9.74. The molecule has 0 saturated heterocycles. The van der Waals surface area contributed by atoms with Gasteiger partial charge in [-0.3, -0.25) is 0 Å². The summed E-state index contributed by atoms with van der Waals surface area (Å²) in [6.45, 7) is 0. The van der Waals surface area contributed by atoms with Crippen LogP contribution in [-0.4, -0.2) is 53.9 Å². The molecule has 0 saturated carbocycles. The van der Waals surface area contributed by atoms with Crippen molar-refractivity contribution in [2.45, 2.75) is 11.2 Å². The molecule has 0 atom stereocenters. The van der Waals surface area contributed by atoms with Crippen molar-refractivity contribution in [1.29, 1.82) is 0 Å². The van der Waals surface area contributed by atoms with Crippen LogP contribution in [0.1, 0.15) is 5.82 Å². The van der Waals surface area contributed by atoms with Crippen LogP contribution in [0.15, 0.2) is 35.4 Å². The maximum atomic E-state index is 13.2. The lowest BCUT2D eigenvalue weighted by atomic mass is 10.2. The fourth-order valence-corrected chi connectivity index (χ4v) is 2.88. The zero-order chi connectivity index (χ0) is 21.4. The van der Waals surface area contributed by atoms with E-state index in [1.807, 2.05) is 0 Å². The summed E-state index contributed by atoms with van der Waals surface area (Å²) in [5, 5.41) is 10.4. The normalized spacial score (nSPS) is 12.1. The monoisotopic (exact) mass is 429 g/mol. The van der Waals surface area contributed by atoms with Crippen LogP contribution >= 0.6 is 0 Å². The number of ether oxygens (including phenoxy) is 2. The van der Waals surface area contributed by atoms with Crippen LogP contribution in [0.25, 0.3) is 17.2 Å². The smallest absolute Gasteiger partial charge is 0.453 e. The van der Waals surface area contributed by atoms with Crippen LogP contribution < -0.4 is 9.47 Å². The largest absolute Gasteiger partial charge is 0.493 e. The highest BCUT2D eigenvalue weighted by molar-refractivity contribution is 7.90. The van der Waals surface area contributed by atoms with Gasteiger partial charge in [-0.15, -0.1) is 15.3 Å². The molecular formula is C16H14F3N5O4S. The van der Waals surface area contributed by atoms with Gasteiger partial charge in [-0.25, -0.2) is 13.4 Å². The molecule has 0 aliphatic heterocycles. The molecule has 0 N–H and O–H groups in total. The van der Waals surface area contributed by atoms with Gasteiger partial charge in [0, 0.05) is 11.8 Å². The number of methoxy groups -OCH3 is 2. The van der Waals surface area contributed by atoms with Gasteiger partial charge in [0.05, 0.1) is 14.2 Å². The van der Waals surface area contributed by atoms with Crippen molar-refractivity contribution in [3.8, 4) is 28.7 Å². The van der Waals surface area contributed by atoms with Gasteiger partial charge in [0.25, 0.3) is 5.82 Å². The fraction of sp³-hybridized carbons (Fsp3) is 0.250. The topological polar surface area (TPSA) is 109 Å². The molecular weight excluding hydrogens is 415 g/mol. The van der Waals surface area contributed by atoms with E-state index in [9.17, 15) is 21.6 Å². The third-order valence-electron chi connectivity index (χ3n) is 3.73. The number of alkyl halides is 3. The second kappa shape index (κ2) is 7.31. The Morgan fingerprint density at radius 2 is 1.69 bits per heavy atom. The zero-order valence-electron chi connectivity index (χ0n) is 15.3. The fourth-order valence-electron chi connectivity index (χ4n) is 2.38. The van der Waals surface area contributed by atoms with Crippen molar-refractivity contribution < 1.29 is 31.1 Å². The Labute approximate surface area is 163 Å². The van der Waals surface area contributed by atoms with Gasteiger partial charge in [0.1, 0.15) is 0 Å². The molecule has 0 bridgehead atoms. The predicted octanol–water partition coefficient (Wildman–Crippen LogP) is 2.16. The van der Waals surface area contributed by atoms with Gasteiger partial charge in [-0.05, 0) is 30.3 Å². The van der Waals surface area contributed by atoms with Crippen LogP contribution in [-0.2, 0) is 16.0 Å². The van der Waals surface area contributed by atoms with Gasteiger partial charge >= 0.3 is 6.18 Å². The number of halogens is 3. The molecule has 0 fully saturated rings. The summed E-state index contributed by atoms with van der Waals surface area (Å²) in [4.78, 5) is 3.57. The highest BCUT2D eigenvalue weighted by Gasteiger charge is 2.37. The Morgan fingerprint density at radius 1 is 1.00 bits per heavy atom. The van der Waals surface area contributed by atoms with Gasteiger partial charge in [0.15, 0.2) is 38.0 Å². The summed E-state index contributed by atoms with van der Waals surface area (Å²) in [5.74, 6) is -1.09. The van der Waals surface area contributed by atoms with Crippen LogP contribution in [0.2, 0.25) is 0 Å². The minimum absolute atomic E-state index is 0.148. The second-order valence-corrected chi connectivity index (χ2v) is 7.70. The molecule has 1 aromatic carbocycles. The second-order valence-electron chi connectivity index (χ2n) is 5.74. The summed E-state index contributed by atoms with van der Waals surface area (Å²) in [6.07, 6.45) is -3.88. The lowest BCUT2D eigenvalue weighted by Crippen LogP contribution is -2.10. The molecule has 2 aromatic heterocycles. The van der Waals surface area contributed by atoms with Crippen molar-refractivity contribution in [3.63, 3.8) is 0 Å². The summed E-state index contributed by atoms with van der Waals surface area (Å²) in [6, 6.07) is 6.70. The van der Waals surface area contributed by atoms with Gasteiger partial charge in [-0.1, -0.05) is 0 Å². The van der Waals surface area contributed by atoms with Crippen LogP contribution in [0, 0.1) is 0 Å². The van der Waals surface area contributed by atoms with Crippen molar-refractivity contribution >= 4 is 9.84 Å². The first-order chi connectivity index (χ1) is 13.5. The lowest BCUT2D eigenvalue weighted by Gasteiger charge is -2.10. The first-order valence-electron chi connectivity index (χ1n) is 7.85. The molecule has 3 rings (SSSR count). The predicted molar refractivity (Wildman–Crippen MR) is 93.6 cm³/mol. The third-order valence-corrected chi connectivity index (χ3v) is 4.70. The average Bonchev–Trinajstić information content (AvgIpc) is 3.12. The van der Waals surface area contributed by atoms with E-state index in [0.29, 0.717) is 5.75 Å². The zero-order valence-corrected chi connectivity index (χ0v) is 16.1. The van der Waals surface area contributed by atoms with Crippen LogP contribution in [0.5, 0.6) is 11.5 Å². The van der Waals surface area contributed by atoms with E-state index in [4.69, 9.17) is 9.47 Å². The van der Waals surface area contributed by atoms with Crippen molar-refractivity contribution in [2.24, 2.45) is 0 Å². The molecule has 0 spiro atoms. The number of rotatable bonds is 5. The highest BCUT2D eigenvalue weighted by Crippen LogP contribution is 2.34. The maximum absolute atomic E-state index is 13.2. The Bertz CT molecular complexity index is 1140. The Kier molecular flexibility index (Phi) is 5.17. The maximum Gasteiger partial charge on any atom is 0.453 e. The summed E-state index contributed by atoms with van der Waals surface area (Å²) in [5.41, 5.74) is 0.236.